The van der Waals surface area contributed by atoms with Crippen LogP contribution in [-0.2, 0) is 4.79 Å². The van der Waals surface area contributed by atoms with Gasteiger partial charge in [-0.1, -0.05) is 0 Å². The molecule has 3 heteroatoms. The molecule has 0 heterocycles. The van der Waals surface area contributed by atoms with E-state index in [1.165, 1.54) is 0 Å². The van der Waals surface area contributed by atoms with Gasteiger partial charge in [0.05, 0.1) is 5.92 Å². The van der Waals surface area contributed by atoms with Crippen molar-refractivity contribution in [3.63, 3.8) is 0 Å². The first-order valence-electron chi connectivity index (χ1n) is 4.07. The van der Waals surface area contributed by atoms with Crippen LogP contribution in [-0.4, -0.2) is 17.2 Å². The lowest BCUT2D eigenvalue weighted by Gasteiger charge is -2.32. The number of carboxylic acid groups (broad SMARTS) is 1. The third kappa shape index (κ3) is 0.865. The Morgan fingerprint density at radius 2 is 2.00 bits per heavy atom. The van der Waals surface area contributed by atoms with Gasteiger partial charge in [0.2, 0.25) is 0 Å². The summed E-state index contributed by atoms with van der Waals surface area (Å²) in [6.45, 7) is 0. The van der Waals surface area contributed by atoms with Crippen LogP contribution in [0.25, 0.3) is 0 Å². The number of hydrogen-bond donors (Lipinski definition) is 1. The summed E-state index contributed by atoms with van der Waals surface area (Å²) in [7, 11) is 0. The van der Waals surface area contributed by atoms with Crippen molar-refractivity contribution in [2.75, 3.05) is 0 Å². The lowest BCUT2D eigenvalue weighted by Crippen LogP contribution is -2.31. The predicted molar refractivity (Wildman–Crippen MR) is 36.9 cm³/mol. The third-order valence-corrected chi connectivity index (χ3v) is 3.16. The summed E-state index contributed by atoms with van der Waals surface area (Å²) >= 11 is 0. The SMILES string of the molecule is O=C(O)[C@H]1CC(F)C2CCC21. The van der Waals surface area contributed by atoms with Crippen molar-refractivity contribution >= 4 is 5.97 Å². The second-order valence-corrected chi connectivity index (χ2v) is 3.60. The van der Waals surface area contributed by atoms with Crippen LogP contribution in [0.1, 0.15) is 19.3 Å². The molecule has 4 atom stereocenters. The molecule has 2 rings (SSSR count). The van der Waals surface area contributed by atoms with Crippen LogP contribution < -0.4 is 0 Å². The maximum atomic E-state index is 13.0. The molecule has 1 N–H and O–H groups in total. The average molecular weight is 158 g/mol. The molecular weight excluding hydrogens is 147 g/mol. The molecule has 0 saturated heterocycles. The highest BCUT2D eigenvalue weighted by atomic mass is 19.1. The summed E-state index contributed by atoms with van der Waals surface area (Å²) in [4.78, 5) is 10.6. The number of rotatable bonds is 1. The van der Waals surface area contributed by atoms with Gasteiger partial charge in [-0.05, 0) is 31.1 Å². The minimum absolute atomic E-state index is 0.0797. The second-order valence-electron chi connectivity index (χ2n) is 3.60. The number of carboxylic acids is 1. The minimum atomic E-state index is -0.838. The highest BCUT2D eigenvalue weighted by Crippen LogP contribution is 2.51. The molecule has 0 aromatic heterocycles. The molecule has 2 nitrogen and oxygen atoms in total. The Morgan fingerprint density at radius 1 is 1.36 bits per heavy atom. The van der Waals surface area contributed by atoms with Crippen LogP contribution in [0.4, 0.5) is 4.39 Å². The Hall–Kier alpha value is -0.600. The number of carbonyl (C=O) groups is 1. The van der Waals surface area contributed by atoms with Gasteiger partial charge < -0.3 is 5.11 Å². The molecule has 0 amide bonds. The molecule has 2 fully saturated rings. The number of alkyl halides is 1. The van der Waals surface area contributed by atoms with E-state index < -0.39 is 12.1 Å². The third-order valence-electron chi connectivity index (χ3n) is 3.16. The van der Waals surface area contributed by atoms with E-state index in [1.54, 1.807) is 0 Å². The van der Waals surface area contributed by atoms with Crippen LogP contribution in [0.3, 0.4) is 0 Å². The summed E-state index contributed by atoms with van der Waals surface area (Å²) in [5.74, 6) is -0.956. The van der Waals surface area contributed by atoms with Crippen molar-refractivity contribution in [3.05, 3.63) is 0 Å². The maximum Gasteiger partial charge on any atom is 0.306 e. The molecule has 0 aromatic rings. The molecule has 11 heavy (non-hydrogen) atoms. The summed E-state index contributed by atoms with van der Waals surface area (Å²) < 4.78 is 13.0. The fourth-order valence-electron chi connectivity index (χ4n) is 2.38. The van der Waals surface area contributed by atoms with Crippen molar-refractivity contribution < 1.29 is 14.3 Å². The van der Waals surface area contributed by atoms with Crippen molar-refractivity contribution in [1.29, 1.82) is 0 Å². The maximum absolute atomic E-state index is 13.0. The lowest BCUT2D eigenvalue weighted by molar-refractivity contribution is -0.144. The molecule has 0 aliphatic heterocycles. The Labute approximate surface area is 64.4 Å². The fourth-order valence-corrected chi connectivity index (χ4v) is 2.38. The van der Waals surface area contributed by atoms with Gasteiger partial charge in [0.15, 0.2) is 0 Å². The largest absolute Gasteiger partial charge is 0.481 e. The number of hydrogen-bond acceptors (Lipinski definition) is 1. The highest BCUT2D eigenvalue weighted by Gasteiger charge is 2.51. The summed E-state index contributed by atoms with van der Waals surface area (Å²) in [6, 6.07) is 0. The van der Waals surface area contributed by atoms with Gasteiger partial charge in [-0.15, -0.1) is 0 Å². The van der Waals surface area contributed by atoms with E-state index in [-0.39, 0.29) is 24.2 Å². The van der Waals surface area contributed by atoms with Gasteiger partial charge >= 0.3 is 5.97 Å². The van der Waals surface area contributed by atoms with E-state index in [0.717, 1.165) is 12.8 Å². The Bertz CT molecular complexity index is 193. The Morgan fingerprint density at radius 3 is 2.27 bits per heavy atom. The number of halogens is 1. The fraction of sp³-hybridized carbons (Fsp3) is 0.875. The molecule has 2 aliphatic rings. The standard InChI is InChI=1S/C8H11FO2/c9-7-3-6(8(10)11)4-1-2-5(4)7/h4-7H,1-3H2,(H,10,11)/t4?,5?,6-,7?/m0/s1. The van der Waals surface area contributed by atoms with Gasteiger partial charge in [0.1, 0.15) is 6.17 Å². The quantitative estimate of drug-likeness (QED) is 0.627. The lowest BCUT2D eigenvalue weighted by atomic mass is 9.72. The normalized spacial score (nSPS) is 48.1. The van der Waals surface area contributed by atoms with Crippen LogP contribution in [0.15, 0.2) is 0 Å². The number of aliphatic carboxylic acids is 1. The molecule has 0 bridgehead atoms. The Balaban J connectivity index is 2.10. The monoisotopic (exact) mass is 158 g/mol. The first kappa shape index (κ1) is 7.07. The molecule has 2 saturated carbocycles. The topological polar surface area (TPSA) is 37.3 Å². The zero-order valence-corrected chi connectivity index (χ0v) is 6.16. The van der Waals surface area contributed by atoms with Gasteiger partial charge in [-0.3, -0.25) is 4.79 Å². The van der Waals surface area contributed by atoms with E-state index in [9.17, 15) is 9.18 Å². The van der Waals surface area contributed by atoms with Gasteiger partial charge in [0, 0.05) is 0 Å². The first-order chi connectivity index (χ1) is 5.20. The first-order valence-corrected chi connectivity index (χ1v) is 4.07. The average Bonchev–Trinajstić information content (AvgIpc) is 2.02. The highest BCUT2D eigenvalue weighted by molar-refractivity contribution is 5.71. The van der Waals surface area contributed by atoms with Gasteiger partial charge in [-0.2, -0.15) is 0 Å². The van der Waals surface area contributed by atoms with E-state index in [2.05, 4.69) is 0 Å². The van der Waals surface area contributed by atoms with Gasteiger partial charge in [0.25, 0.3) is 0 Å². The summed E-state index contributed by atoms with van der Waals surface area (Å²) in [5.41, 5.74) is 0. The van der Waals surface area contributed by atoms with Crippen molar-refractivity contribution in [2.24, 2.45) is 17.8 Å². The second kappa shape index (κ2) is 2.19. The van der Waals surface area contributed by atoms with Crippen LogP contribution >= 0.6 is 0 Å². The molecule has 2 aliphatic carbocycles. The zero-order valence-electron chi connectivity index (χ0n) is 6.16. The van der Waals surface area contributed by atoms with E-state index in [0.29, 0.717) is 0 Å². The van der Waals surface area contributed by atoms with Crippen LogP contribution in [0, 0.1) is 17.8 Å². The minimum Gasteiger partial charge on any atom is -0.481 e. The van der Waals surface area contributed by atoms with Crippen LogP contribution in [0.5, 0.6) is 0 Å². The molecule has 3 unspecified atom stereocenters. The smallest absolute Gasteiger partial charge is 0.306 e. The molecule has 62 valence electrons. The van der Waals surface area contributed by atoms with Crippen molar-refractivity contribution in [2.45, 2.75) is 25.4 Å². The summed E-state index contributed by atoms with van der Waals surface area (Å²) in [6.07, 6.45) is 1.23. The van der Waals surface area contributed by atoms with Crippen LogP contribution in [0.2, 0.25) is 0 Å². The number of fused-ring (bicyclic) bond motifs is 1. The molecule has 0 spiro atoms. The van der Waals surface area contributed by atoms with Crippen molar-refractivity contribution in [3.8, 4) is 0 Å². The Kier molecular flexibility index (Phi) is 1.41. The molecular formula is C8H11FO2. The van der Waals surface area contributed by atoms with Gasteiger partial charge in [-0.25, -0.2) is 4.39 Å². The van der Waals surface area contributed by atoms with E-state index >= 15 is 0 Å². The predicted octanol–water partition coefficient (Wildman–Crippen LogP) is 1.46. The summed E-state index contributed by atoms with van der Waals surface area (Å²) in [5, 5.41) is 8.69. The van der Waals surface area contributed by atoms with E-state index in [1.807, 2.05) is 0 Å². The zero-order chi connectivity index (χ0) is 8.01. The van der Waals surface area contributed by atoms with Crippen molar-refractivity contribution in [1.82, 2.24) is 0 Å². The van der Waals surface area contributed by atoms with E-state index in [4.69, 9.17) is 5.11 Å². The molecule has 0 aromatic carbocycles. The molecule has 0 radical (unpaired) electrons.